The fourth-order valence-corrected chi connectivity index (χ4v) is 3.60. The number of anilines is 2. The van der Waals surface area contributed by atoms with Crippen LogP contribution >= 0.6 is 0 Å². The molecular formula is C24H25N3O. The van der Waals surface area contributed by atoms with Crippen LogP contribution in [-0.2, 0) is 13.0 Å². The van der Waals surface area contributed by atoms with Crippen LogP contribution in [0.2, 0.25) is 0 Å². The first kappa shape index (κ1) is 18.2. The largest absolute Gasteiger partial charge is 0.366 e. The maximum atomic E-state index is 12.7. The number of pyridine rings is 1. The van der Waals surface area contributed by atoms with Gasteiger partial charge in [0.1, 0.15) is 0 Å². The Labute approximate surface area is 166 Å². The van der Waals surface area contributed by atoms with Crippen molar-refractivity contribution >= 4 is 17.3 Å². The van der Waals surface area contributed by atoms with Crippen LogP contribution in [-0.4, -0.2) is 17.4 Å². The number of amides is 1. The van der Waals surface area contributed by atoms with E-state index in [1.165, 1.54) is 16.7 Å². The van der Waals surface area contributed by atoms with Crippen molar-refractivity contribution in [1.82, 2.24) is 4.98 Å². The Morgan fingerprint density at radius 3 is 2.54 bits per heavy atom. The molecule has 142 valence electrons. The van der Waals surface area contributed by atoms with E-state index < -0.39 is 0 Å². The highest BCUT2D eigenvalue weighted by molar-refractivity contribution is 6.04. The molecule has 0 radical (unpaired) electrons. The molecule has 3 aromatic rings. The molecule has 1 N–H and O–H groups in total. The normalized spacial score (nSPS) is 13.3. The van der Waals surface area contributed by atoms with Crippen molar-refractivity contribution in [2.75, 3.05) is 16.8 Å². The van der Waals surface area contributed by atoms with Gasteiger partial charge < -0.3 is 10.2 Å². The molecule has 1 amide bonds. The van der Waals surface area contributed by atoms with Crippen molar-refractivity contribution in [1.29, 1.82) is 0 Å². The molecule has 1 aliphatic heterocycles. The molecule has 0 unspecified atom stereocenters. The predicted molar refractivity (Wildman–Crippen MR) is 114 cm³/mol. The molecule has 2 heterocycles. The summed E-state index contributed by atoms with van der Waals surface area (Å²) in [6.45, 7) is 6.09. The summed E-state index contributed by atoms with van der Waals surface area (Å²) >= 11 is 0. The molecule has 0 atom stereocenters. The monoisotopic (exact) mass is 371 g/mol. The van der Waals surface area contributed by atoms with E-state index in [1.54, 1.807) is 6.20 Å². The van der Waals surface area contributed by atoms with Gasteiger partial charge in [0.2, 0.25) is 0 Å². The topological polar surface area (TPSA) is 45.2 Å². The van der Waals surface area contributed by atoms with Gasteiger partial charge in [0.15, 0.2) is 0 Å². The van der Waals surface area contributed by atoms with Crippen molar-refractivity contribution < 1.29 is 4.79 Å². The minimum atomic E-state index is -0.135. The van der Waals surface area contributed by atoms with Crippen LogP contribution in [0.15, 0.2) is 67.0 Å². The Morgan fingerprint density at radius 1 is 1.04 bits per heavy atom. The van der Waals surface area contributed by atoms with Gasteiger partial charge in [-0.05, 0) is 47.2 Å². The molecule has 4 nitrogen and oxygen atoms in total. The number of fused-ring (bicyclic) bond motifs is 1. The van der Waals surface area contributed by atoms with Gasteiger partial charge in [-0.1, -0.05) is 50.2 Å². The lowest BCUT2D eigenvalue weighted by Gasteiger charge is -2.30. The van der Waals surface area contributed by atoms with Crippen LogP contribution in [0.25, 0.3) is 0 Å². The minimum Gasteiger partial charge on any atom is -0.366 e. The second-order valence-electron chi connectivity index (χ2n) is 7.60. The Hall–Kier alpha value is -3.14. The second kappa shape index (κ2) is 7.85. The summed E-state index contributed by atoms with van der Waals surface area (Å²) in [5, 5.41) is 2.97. The van der Waals surface area contributed by atoms with E-state index in [-0.39, 0.29) is 5.91 Å². The molecule has 28 heavy (non-hydrogen) atoms. The quantitative estimate of drug-likeness (QED) is 0.700. The van der Waals surface area contributed by atoms with Crippen LogP contribution in [0, 0.1) is 0 Å². The lowest BCUT2D eigenvalue weighted by atomic mass is 9.99. The number of nitrogens with one attached hydrogen (secondary N) is 1. The van der Waals surface area contributed by atoms with Crippen LogP contribution in [0.4, 0.5) is 11.4 Å². The second-order valence-corrected chi connectivity index (χ2v) is 7.60. The standard InChI is InChI=1S/C24H25N3O/c1-17(2)18-7-9-22(10-8-18)26-24(28)21-13-23(15-25-14-21)27-12-11-19-5-3-4-6-20(19)16-27/h3-10,13-15,17H,11-12,16H2,1-2H3,(H,26,28). The van der Waals surface area contributed by atoms with Gasteiger partial charge in [0.05, 0.1) is 17.4 Å². The summed E-state index contributed by atoms with van der Waals surface area (Å²) < 4.78 is 0. The zero-order valence-corrected chi connectivity index (χ0v) is 16.4. The average Bonchev–Trinajstić information content (AvgIpc) is 2.74. The highest BCUT2D eigenvalue weighted by Gasteiger charge is 2.17. The van der Waals surface area contributed by atoms with Gasteiger partial charge in [-0.25, -0.2) is 0 Å². The molecule has 1 aliphatic rings. The molecule has 1 aromatic heterocycles. The summed E-state index contributed by atoms with van der Waals surface area (Å²) in [6, 6.07) is 18.5. The van der Waals surface area contributed by atoms with Gasteiger partial charge in [-0.2, -0.15) is 0 Å². The molecule has 0 fully saturated rings. The van der Waals surface area contributed by atoms with E-state index in [9.17, 15) is 4.79 Å². The Bertz CT molecular complexity index is 979. The first-order valence-corrected chi connectivity index (χ1v) is 9.78. The molecule has 4 heteroatoms. The van der Waals surface area contributed by atoms with Gasteiger partial charge in [-0.15, -0.1) is 0 Å². The zero-order chi connectivity index (χ0) is 19.5. The fraction of sp³-hybridized carbons (Fsp3) is 0.250. The smallest absolute Gasteiger partial charge is 0.257 e. The Balaban J connectivity index is 1.48. The Morgan fingerprint density at radius 2 is 1.79 bits per heavy atom. The van der Waals surface area contributed by atoms with Crippen LogP contribution in [0.1, 0.15) is 46.8 Å². The number of rotatable bonds is 4. The van der Waals surface area contributed by atoms with Gasteiger partial charge in [0.25, 0.3) is 5.91 Å². The van der Waals surface area contributed by atoms with Crippen LogP contribution < -0.4 is 10.2 Å². The maximum Gasteiger partial charge on any atom is 0.257 e. The van der Waals surface area contributed by atoms with E-state index in [2.05, 4.69) is 65.4 Å². The van der Waals surface area contributed by atoms with Gasteiger partial charge in [0, 0.05) is 25.0 Å². The lowest BCUT2D eigenvalue weighted by Crippen LogP contribution is -2.30. The van der Waals surface area contributed by atoms with Crippen LogP contribution in [0.3, 0.4) is 0 Å². The van der Waals surface area contributed by atoms with Crippen molar-refractivity contribution in [3.63, 3.8) is 0 Å². The van der Waals surface area contributed by atoms with E-state index in [0.717, 1.165) is 30.9 Å². The first-order valence-electron chi connectivity index (χ1n) is 9.78. The van der Waals surface area contributed by atoms with Crippen molar-refractivity contribution in [3.8, 4) is 0 Å². The SMILES string of the molecule is CC(C)c1ccc(NC(=O)c2cncc(N3CCc4ccccc4C3)c2)cc1. The molecule has 0 saturated carbocycles. The number of benzene rings is 2. The summed E-state index contributed by atoms with van der Waals surface area (Å²) in [5.74, 6) is 0.337. The number of hydrogen-bond acceptors (Lipinski definition) is 3. The predicted octanol–water partition coefficient (Wildman–Crippen LogP) is 5.02. The highest BCUT2D eigenvalue weighted by Crippen LogP contribution is 2.25. The van der Waals surface area contributed by atoms with Crippen molar-refractivity contribution in [2.45, 2.75) is 32.7 Å². The van der Waals surface area contributed by atoms with E-state index >= 15 is 0 Å². The third-order valence-electron chi connectivity index (χ3n) is 5.32. The average molecular weight is 371 g/mol. The summed E-state index contributed by atoms with van der Waals surface area (Å²) in [4.78, 5) is 19.3. The molecule has 0 aliphatic carbocycles. The van der Waals surface area contributed by atoms with Gasteiger partial charge in [-0.3, -0.25) is 9.78 Å². The zero-order valence-electron chi connectivity index (χ0n) is 16.4. The van der Waals surface area contributed by atoms with Crippen molar-refractivity contribution in [2.24, 2.45) is 0 Å². The minimum absolute atomic E-state index is 0.135. The van der Waals surface area contributed by atoms with Crippen LogP contribution in [0.5, 0.6) is 0 Å². The molecule has 2 aromatic carbocycles. The van der Waals surface area contributed by atoms with E-state index in [0.29, 0.717) is 11.5 Å². The molecule has 0 bridgehead atoms. The maximum absolute atomic E-state index is 12.7. The van der Waals surface area contributed by atoms with E-state index in [4.69, 9.17) is 0 Å². The lowest BCUT2D eigenvalue weighted by molar-refractivity contribution is 0.102. The third kappa shape index (κ3) is 3.91. The molecule has 0 spiro atoms. The van der Waals surface area contributed by atoms with Crippen molar-refractivity contribution in [3.05, 3.63) is 89.2 Å². The van der Waals surface area contributed by atoms with Gasteiger partial charge >= 0.3 is 0 Å². The van der Waals surface area contributed by atoms with E-state index in [1.807, 2.05) is 24.4 Å². The number of hydrogen-bond donors (Lipinski definition) is 1. The molecule has 0 saturated heterocycles. The molecular weight excluding hydrogens is 346 g/mol. The summed E-state index contributed by atoms with van der Waals surface area (Å²) in [6.07, 6.45) is 4.47. The number of aromatic nitrogens is 1. The third-order valence-corrected chi connectivity index (χ3v) is 5.32. The fourth-order valence-electron chi connectivity index (χ4n) is 3.60. The molecule has 4 rings (SSSR count). The number of carbonyl (C=O) groups excluding carboxylic acids is 1. The Kier molecular flexibility index (Phi) is 5.11. The first-order chi connectivity index (χ1) is 13.6. The highest BCUT2D eigenvalue weighted by atomic mass is 16.1. The number of nitrogens with zero attached hydrogens (tertiary/aromatic N) is 2. The summed E-state index contributed by atoms with van der Waals surface area (Å²) in [5.41, 5.74) is 6.36. The number of carbonyl (C=O) groups is 1. The summed E-state index contributed by atoms with van der Waals surface area (Å²) in [7, 11) is 0.